The third kappa shape index (κ3) is 5.07. The van der Waals surface area contributed by atoms with Gasteiger partial charge in [0.25, 0.3) is 0 Å². The zero-order valence-corrected chi connectivity index (χ0v) is 14.2. The third-order valence-electron chi connectivity index (χ3n) is 4.17. The Labute approximate surface area is 146 Å². The van der Waals surface area contributed by atoms with Gasteiger partial charge in [0.2, 0.25) is 5.91 Å². The number of amides is 1. The molecule has 0 saturated carbocycles. The number of nitrogens with zero attached hydrogens (tertiary/aromatic N) is 5. The molecule has 1 amide bonds. The Hall–Kier alpha value is -2.32. The summed E-state index contributed by atoms with van der Waals surface area (Å²) >= 11 is 0. The van der Waals surface area contributed by atoms with E-state index in [0.29, 0.717) is 39.3 Å². The van der Waals surface area contributed by atoms with E-state index < -0.39 is 0 Å². The van der Waals surface area contributed by atoms with E-state index >= 15 is 0 Å². The van der Waals surface area contributed by atoms with Crippen LogP contribution in [0, 0.1) is 5.82 Å². The summed E-state index contributed by atoms with van der Waals surface area (Å²) in [5.74, 6) is -0.284. The summed E-state index contributed by atoms with van der Waals surface area (Å²) < 4.78 is 20.7. The Balaban J connectivity index is 1.49. The van der Waals surface area contributed by atoms with Gasteiger partial charge >= 0.3 is 0 Å². The lowest BCUT2D eigenvalue weighted by molar-refractivity contribution is -0.133. The summed E-state index contributed by atoms with van der Waals surface area (Å²) in [6.45, 7) is 3.29. The maximum Gasteiger partial charge on any atom is 0.236 e. The number of carbonyl (C=O) groups excluding carboxylic acids is 1. The molecular weight excluding hydrogens is 325 g/mol. The second kappa shape index (κ2) is 8.17. The van der Waals surface area contributed by atoms with Crippen LogP contribution in [-0.2, 0) is 22.6 Å². The van der Waals surface area contributed by atoms with Crippen molar-refractivity contribution in [3.05, 3.63) is 48.3 Å². The molecule has 0 aliphatic carbocycles. The second-order valence-electron chi connectivity index (χ2n) is 6.23. The van der Waals surface area contributed by atoms with Crippen LogP contribution in [0.25, 0.3) is 0 Å². The van der Waals surface area contributed by atoms with Crippen molar-refractivity contribution in [3.63, 3.8) is 0 Å². The zero-order valence-electron chi connectivity index (χ0n) is 14.2. The summed E-state index contributed by atoms with van der Waals surface area (Å²) in [5.41, 5.74) is 0.780. The normalized spacial score (nSPS) is 18.2. The van der Waals surface area contributed by atoms with E-state index in [2.05, 4.69) is 15.0 Å². The topological polar surface area (TPSA) is 63.5 Å². The standard InChI is InChI=1S/C17H22FN5O2/c1-21(8-14-3-2-4-15(18)7-14)17(24)11-22-5-6-25-16(9-22)10-23-13-19-12-20-23/h2-4,7,12-13,16H,5-6,8-11H2,1H3/t16-/m0/s1. The number of halogens is 1. The van der Waals surface area contributed by atoms with Crippen LogP contribution < -0.4 is 0 Å². The van der Waals surface area contributed by atoms with Crippen LogP contribution in [0.4, 0.5) is 4.39 Å². The number of hydrogen-bond donors (Lipinski definition) is 0. The smallest absolute Gasteiger partial charge is 0.236 e. The molecule has 1 aliphatic rings. The summed E-state index contributed by atoms with van der Waals surface area (Å²) in [6.07, 6.45) is 3.13. The molecule has 8 heteroatoms. The Bertz CT molecular complexity index is 694. The SMILES string of the molecule is CN(Cc1cccc(F)c1)C(=O)CN1CCO[C@H](Cn2cncn2)C1. The highest BCUT2D eigenvalue weighted by molar-refractivity contribution is 5.78. The van der Waals surface area contributed by atoms with Crippen LogP contribution in [-0.4, -0.2) is 69.9 Å². The maximum absolute atomic E-state index is 13.3. The van der Waals surface area contributed by atoms with E-state index in [1.165, 1.54) is 18.5 Å². The molecule has 1 saturated heterocycles. The number of hydrogen-bond acceptors (Lipinski definition) is 5. The lowest BCUT2D eigenvalue weighted by Crippen LogP contribution is -2.48. The Morgan fingerprint density at radius 2 is 2.36 bits per heavy atom. The first kappa shape index (κ1) is 17.5. The maximum atomic E-state index is 13.3. The number of likely N-dealkylation sites (N-methyl/N-ethyl adjacent to an activating group) is 1. The molecule has 134 valence electrons. The van der Waals surface area contributed by atoms with E-state index in [-0.39, 0.29) is 17.8 Å². The summed E-state index contributed by atoms with van der Waals surface area (Å²) in [7, 11) is 1.74. The Morgan fingerprint density at radius 1 is 1.48 bits per heavy atom. The van der Waals surface area contributed by atoms with Gasteiger partial charge in [-0.05, 0) is 17.7 Å². The van der Waals surface area contributed by atoms with Gasteiger partial charge in [-0.15, -0.1) is 0 Å². The van der Waals surface area contributed by atoms with Gasteiger partial charge < -0.3 is 9.64 Å². The molecule has 3 rings (SSSR count). The number of aromatic nitrogens is 3. The van der Waals surface area contributed by atoms with Gasteiger partial charge in [-0.25, -0.2) is 9.37 Å². The molecule has 0 unspecified atom stereocenters. The van der Waals surface area contributed by atoms with Crippen molar-refractivity contribution in [2.24, 2.45) is 0 Å². The van der Waals surface area contributed by atoms with Crippen molar-refractivity contribution in [2.45, 2.75) is 19.2 Å². The molecule has 2 aromatic rings. The molecule has 2 heterocycles. The minimum Gasteiger partial charge on any atom is -0.374 e. The van der Waals surface area contributed by atoms with Crippen LogP contribution in [0.1, 0.15) is 5.56 Å². The average Bonchev–Trinajstić information content (AvgIpc) is 3.08. The summed E-state index contributed by atoms with van der Waals surface area (Å²) in [4.78, 5) is 20.1. The van der Waals surface area contributed by atoms with Crippen LogP contribution >= 0.6 is 0 Å². The van der Waals surface area contributed by atoms with Crippen LogP contribution in [0.5, 0.6) is 0 Å². The molecule has 1 aliphatic heterocycles. The lowest BCUT2D eigenvalue weighted by atomic mass is 10.2. The Kier molecular flexibility index (Phi) is 5.72. The molecule has 1 atom stereocenters. The lowest BCUT2D eigenvalue weighted by Gasteiger charge is -2.33. The van der Waals surface area contributed by atoms with Gasteiger partial charge in [-0.2, -0.15) is 5.10 Å². The van der Waals surface area contributed by atoms with Crippen molar-refractivity contribution >= 4 is 5.91 Å². The molecule has 0 radical (unpaired) electrons. The van der Waals surface area contributed by atoms with Gasteiger partial charge in [0.05, 0.1) is 25.8 Å². The van der Waals surface area contributed by atoms with E-state index in [1.807, 2.05) is 6.07 Å². The van der Waals surface area contributed by atoms with Gasteiger partial charge in [0, 0.05) is 26.7 Å². The van der Waals surface area contributed by atoms with Crippen molar-refractivity contribution < 1.29 is 13.9 Å². The van der Waals surface area contributed by atoms with Gasteiger partial charge in [-0.1, -0.05) is 12.1 Å². The molecular formula is C17H22FN5O2. The summed E-state index contributed by atoms with van der Waals surface area (Å²) in [6, 6.07) is 6.32. The molecule has 7 nitrogen and oxygen atoms in total. The van der Waals surface area contributed by atoms with E-state index in [0.717, 1.165) is 5.56 Å². The quantitative estimate of drug-likeness (QED) is 0.773. The minimum atomic E-state index is -0.289. The predicted molar refractivity (Wildman–Crippen MR) is 89.1 cm³/mol. The highest BCUT2D eigenvalue weighted by Gasteiger charge is 2.23. The average molecular weight is 347 g/mol. The van der Waals surface area contributed by atoms with Crippen LogP contribution in [0.15, 0.2) is 36.9 Å². The number of benzene rings is 1. The molecule has 0 bridgehead atoms. The van der Waals surface area contributed by atoms with Crippen LogP contribution in [0.3, 0.4) is 0 Å². The highest BCUT2D eigenvalue weighted by Crippen LogP contribution is 2.10. The van der Waals surface area contributed by atoms with E-state index in [1.54, 1.807) is 29.0 Å². The monoisotopic (exact) mass is 347 g/mol. The second-order valence-corrected chi connectivity index (χ2v) is 6.23. The molecule has 25 heavy (non-hydrogen) atoms. The van der Waals surface area contributed by atoms with E-state index in [4.69, 9.17) is 4.74 Å². The number of rotatable bonds is 6. The first-order valence-electron chi connectivity index (χ1n) is 8.25. The van der Waals surface area contributed by atoms with Crippen molar-refractivity contribution in [1.82, 2.24) is 24.6 Å². The fraction of sp³-hybridized carbons (Fsp3) is 0.471. The Morgan fingerprint density at radius 3 is 3.12 bits per heavy atom. The van der Waals surface area contributed by atoms with Crippen LogP contribution in [0.2, 0.25) is 0 Å². The fourth-order valence-corrected chi connectivity index (χ4v) is 2.88. The van der Waals surface area contributed by atoms with Gasteiger partial charge in [0.15, 0.2) is 0 Å². The van der Waals surface area contributed by atoms with Gasteiger partial charge in [0.1, 0.15) is 18.5 Å². The minimum absolute atomic E-state index is 0.00525. The van der Waals surface area contributed by atoms with Crippen molar-refractivity contribution in [3.8, 4) is 0 Å². The highest BCUT2D eigenvalue weighted by atomic mass is 19.1. The summed E-state index contributed by atoms with van der Waals surface area (Å²) in [5, 5.41) is 4.08. The molecule has 1 fully saturated rings. The molecule has 1 aromatic heterocycles. The predicted octanol–water partition coefficient (Wildman–Crippen LogP) is 0.777. The van der Waals surface area contributed by atoms with Gasteiger partial charge in [-0.3, -0.25) is 14.4 Å². The van der Waals surface area contributed by atoms with E-state index in [9.17, 15) is 9.18 Å². The molecule has 0 spiro atoms. The number of ether oxygens (including phenoxy) is 1. The third-order valence-corrected chi connectivity index (χ3v) is 4.17. The number of morpholine rings is 1. The molecule has 0 N–H and O–H groups in total. The fourth-order valence-electron chi connectivity index (χ4n) is 2.88. The first-order chi connectivity index (χ1) is 12.1. The largest absolute Gasteiger partial charge is 0.374 e. The number of carbonyl (C=O) groups is 1. The van der Waals surface area contributed by atoms with Crippen molar-refractivity contribution in [2.75, 3.05) is 33.3 Å². The van der Waals surface area contributed by atoms with Crippen molar-refractivity contribution in [1.29, 1.82) is 0 Å². The zero-order chi connectivity index (χ0) is 17.6. The first-order valence-corrected chi connectivity index (χ1v) is 8.25. The molecule has 1 aromatic carbocycles.